The number of rotatable bonds is 4. The van der Waals surface area contributed by atoms with Crippen LogP contribution in [-0.4, -0.2) is 45.0 Å². The third-order valence-corrected chi connectivity index (χ3v) is 5.86. The lowest BCUT2D eigenvalue weighted by Gasteiger charge is -2.40. The summed E-state index contributed by atoms with van der Waals surface area (Å²) in [5, 5.41) is 15.2. The van der Waals surface area contributed by atoms with Crippen molar-refractivity contribution in [3.8, 4) is 0 Å². The van der Waals surface area contributed by atoms with E-state index in [4.69, 9.17) is 0 Å². The summed E-state index contributed by atoms with van der Waals surface area (Å²) in [4.78, 5) is 32.2. The third kappa shape index (κ3) is 3.80. The lowest BCUT2D eigenvalue weighted by molar-refractivity contribution is -0.383. The highest BCUT2D eigenvalue weighted by Crippen LogP contribution is 2.31. The van der Waals surface area contributed by atoms with Crippen molar-refractivity contribution in [1.29, 1.82) is 0 Å². The maximum atomic E-state index is 11.9. The maximum Gasteiger partial charge on any atom is 0.293 e. The van der Waals surface area contributed by atoms with Gasteiger partial charge in [-0.3, -0.25) is 19.8 Å². The standard InChI is InChI=1S/C19H25N5O3/c25-19-15-9-18(24(26)27)17(10-16(15)20-12-21-19)22-13-5-4-8-23(11-13)14-6-2-1-3-7-14/h9-10,12-14,22H,1-8,11H2,(H,20,21,25). The highest BCUT2D eigenvalue weighted by atomic mass is 16.6. The van der Waals surface area contributed by atoms with E-state index in [1.165, 1.54) is 44.5 Å². The van der Waals surface area contributed by atoms with E-state index in [-0.39, 0.29) is 22.7 Å². The molecule has 0 radical (unpaired) electrons. The second-order valence-electron chi connectivity index (χ2n) is 7.65. The lowest BCUT2D eigenvalue weighted by Crippen LogP contribution is -2.47. The van der Waals surface area contributed by atoms with Crippen LogP contribution in [0.3, 0.4) is 0 Å². The Kier molecular flexibility index (Phi) is 5.07. The summed E-state index contributed by atoms with van der Waals surface area (Å²) in [6.45, 7) is 2.02. The summed E-state index contributed by atoms with van der Waals surface area (Å²) in [7, 11) is 0. The summed E-state index contributed by atoms with van der Waals surface area (Å²) < 4.78 is 0. The van der Waals surface area contributed by atoms with Gasteiger partial charge < -0.3 is 10.3 Å². The zero-order valence-electron chi connectivity index (χ0n) is 15.3. The van der Waals surface area contributed by atoms with Crippen molar-refractivity contribution in [3.05, 3.63) is 38.9 Å². The molecule has 8 nitrogen and oxygen atoms in total. The smallest absolute Gasteiger partial charge is 0.293 e. The molecule has 1 aliphatic heterocycles. The number of nitrogens with one attached hydrogen (secondary N) is 2. The van der Waals surface area contributed by atoms with Gasteiger partial charge in [-0.2, -0.15) is 0 Å². The molecule has 0 bridgehead atoms. The number of fused-ring (bicyclic) bond motifs is 1. The number of anilines is 1. The molecular weight excluding hydrogens is 346 g/mol. The quantitative estimate of drug-likeness (QED) is 0.632. The van der Waals surface area contributed by atoms with E-state index in [9.17, 15) is 14.9 Å². The first kappa shape index (κ1) is 17.9. The van der Waals surface area contributed by atoms with Gasteiger partial charge in [0.05, 0.1) is 22.2 Å². The number of aromatic amines is 1. The molecule has 2 heterocycles. The fourth-order valence-corrected chi connectivity index (χ4v) is 4.49. The lowest BCUT2D eigenvalue weighted by atomic mass is 9.92. The Morgan fingerprint density at radius 2 is 2.00 bits per heavy atom. The Bertz CT molecular complexity index is 891. The van der Waals surface area contributed by atoms with Gasteiger partial charge in [-0.25, -0.2) is 4.98 Å². The van der Waals surface area contributed by atoms with E-state index in [0.717, 1.165) is 25.9 Å². The van der Waals surface area contributed by atoms with Gasteiger partial charge in [0.1, 0.15) is 5.69 Å². The summed E-state index contributed by atoms with van der Waals surface area (Å²) in [5.74, 6) is 0. The van der Waals surface area contributed by atoms with Crippen LogP contribution in [0.25, 0.3) is 10.9 Å². The van der Waals surface area contributed by atoms with E-state index in [1.807, 2.05) is 0 Å². The summed E-state index contributed by atoms with van der Waals surface area (Å²) in [6.07, 6.45) is 9.86. The molecule has 4 rings (SSSR count). The van der Waals surface area contributed by atoms with Crippen molar-refractivity contribution < 1.29 is 4.92 Å². The number of nitrogens with zero attached hydrogens (tertiary/aromatic N) is 3. The molecule has 1 aliphatic carbocycles. The van der Waals surface area contributed by atoms with Gasteiger partial charge in [0, 0.05) is 24.7 Å². The molecule has 1 aromatic carbocycles. The van der Waals surface area contributed by atoms with Crippen LogP contribution in [0.2, 0.25) is 0 Å². The minimum Gasteiger partial charge on any atom is -0.375 e. The molecule has 0 amide bonds. The second-order valence-corrected chi connectivity index (χ2v) is 7.65. The average Bonchev–Trinajstić information content (AvgIpc) is 2.68. The number of aromatic nitrogens is 2. The van der Waals surface area contributed by atoms with Gasteiger partial charge >= 0.3 is 0 Å². The first-order valence-electron chi connectivity index (χ1n) is 9.78. The molecular formula is C19H25N5O3. The largest absolute Gasteiger partial charge is 0.375 e. The molecule has 1 aromatic heterocycles. The van der Waals surface area contributed by atoms with Crippen LogP contribution < -0.4 is 10.9 Å². The summed E-state index contributed by atoms with van der Waals surface area (Å²) in [5.41, 5.74) is 0.472. The summed E-state index contributed by atoms with van der Waals surface area (Å²) in [6, 6.07) is 3.77. The van der Waals surface area contributed by atoms with E-state index in [2.05, 4.69) is 20.2 Å². The Hall–Kier alpha value is -2.48. The van der Waals surface area contributed by atoms with Crippen molar-refractivity contribution in [2.75, 3.05) is 18.4 Å². The van der Waals surface area contributed by atoms with Crippen molar-refractivity contribution >= 4 is 22.3 Å². The molecule has 8 heteroatoms. The maximum absolute atomic E-state index is 11.9. The SMILES string of the molecule is O=c1[nH]cnc2cc(NC3CCCN(C4CCCCC4)C3)c([N+](=O)[O-])cc12. The number of H-pyrrole nitrogens is 1. The van der Waals surface area contributed by atoms with Crippen LogP contribution in [0.4, 0.5) is 11.4 Å². The Morgan fingerprint density at radius 1 is 1.19 bits per heavy atom. The van der Waals surface area contributed by atoms with Crippen LogP contribution in [0, 0.1) is 10.1 Å². The predicted octanol–water partition coefficient (Wildman–Crippen LogP) is 3.04. The fraction of sp³-hybridized carbons (Fsp3) is 0.579. The molecule has 1 saturated carbocycles. The van der Waals surface area contributed by atoms with Gasteiger partial charge in [0.2, 0.25) is 0 Å². The van der Waals surface area contributed by atoms with Crippen LogP contribution in [-0.2, 0) is 0 Å². The topological polar surface area (TPSA) is 104 Å². The van der Waals surface area contributed by atoms with E-state index in [1.54, 1.807) is 6.07 Å². The van der Waals surface area contributed by atoms with Gasteiger partial charge in [-0.1, -0.05) is 19.3 Å². The molecule has 2 fully saturated rings. The van der Waals surface area contributed by atoms with Gasteiger partial charge in [0.15, 0.2) is 0 Å². The van der Waals surface area contributed by atoms with Gasteiger partial charge in [-0.05, 0) is 38.3 Å². The van der Waals surface area contributed by atoms with Crippen molar-refractivity contribution in [2.24, 2.45) is 0 Å². The van der Waals surface area contributed by atoms with Gasteiger partial charge in [0.25, 0.3) is 11.2 Å². The molecule has 2 N–H and O–H groups in total. The number of hydrogen-bond acceptors (Lipinski definition) is 6. The first-order chi connectivity index (χ1) is 13.1. The Balaban J connectivity index is 1.57. The van der Waals surface area contributed by atoms with E-state index in [0.29, 0.717) is 17.2 Å². The number of benzene rings is 1. The van der Waals surface area contributed by atoms with Gasteiger partial charge in [-0.15, -0.1) is 0 Å². The average molecular weight is 371 g/mol. The number of piperidine rings is 1. The van der Waals surface area contributed by atoms with Crippen LogP contribution in [0.15, 0.2) is 23.3 Å². The van der Waals surface area contributed by atoms with Crippen molar-refractivity contribution in [1.82, 2.24) is 14.9 Å². The minimum atomic E-state index is -0.435. The van der Waals surface area contributed by atoms with E-state index >= 15 is 0 Å². The molecule has 1 atom stereocenters. The number of nitro groups is 1. The normalized spacial score (nSPS) is 22.0. The minimum absolute atomic E-state index is 0.0733. The van der Waals surface area contributed by atoms with Crippen molar-refractivity contribution in [3.63, 3.8) is 0 Å². The highest BCUT2D eigenvalue weighted by Gasteiger charge is 2.28. The van der Waals surface area contributed by atoms with Crippen LogP contribution in [0.1, 0.15) is 44.9 Å². The van der Waals surface area contributed by atoms with Crippen LogP contribution in [0.5, 0.6) is 0 Å². The molecule has 0 spiro atoms. The number of hydrogen-bond donors (Lipinski definition) is 2. The molecule has 144 valence electrons. The zero-order valence-corrected chi connectivity index (χ0v) is 15.3. The molecule has 1 unspecified atom stereocenters. The molecule has 27 heavy (non-hydrogen) atoms. The fourth-order valence-electron chi connectivity index (χ4n) is 4.49. The monoisotopic (exact) mass is 371 g/mol. The molecule has 1 saturated heterocycles. The molecule has 2 aromatic rings. The third-order valence-electron chi connectivity index (χ3n) is 5.86. The Morgan fingerprint density at radius 3 is 2.78 bits per heavy atom. The highest BCUT2D eigenvalue weighted by molar-refractivity contribution is 5.86. The summed E-state index contributed by atoms with van der Waals surface area (Å²) >= 11 is 0. The van der Waals surface area contributed by atoms with Crippen LogP contribution >= 0.6 is 0 Å². The second kappa shape index (κ2) is 7.64. The predicted molar refractivity (Wildman–Crippen MR) is 104 cm³/mol. The number of nitro benzene ring substituents is 1. The number of likely N-dealkylation sites (tertiary alicyclic amines) is 1. The first-order valence-corrected chi connectivity index (χ1v) is 9.78. The van der Waals surface area contributed by atoms with E-state index < -0.39 is 4.92 Å². The van der Waals surface area contributed by atoms with Crippen molar-refractivity contribution in [2.45, 2.75) is 57.0 Å². The molecule has 2 aliphatic rings. The Labute approximate surface area is 157 Å². The zero-order chi connectivity index (χ0) is 18.8.